The molecule has 8 nitrogen and oxygen atoms in total. The predicted octanol–water partition coefficient (Wildman–Crippen LogP) is 5.30. The summed E-state index contributed by atoms with van der Waals surface area (Å²) >= 11 is 18.1. The summed E-state index contributed by atoms with van der Waals surface area (Å²) in [6, 6.07) is 15.6. The zero-order chi connectivity index (χ0) is 27.0. The molecule has 3 aromatic rings. The summed E-state index contributed by atoms with van der Waals surface area (Å²) in [6.07, 6.45) is 1.28. The van der Waals surface area contributed by atoms with Gasteiger partial charge < -0.3 is 14.5 Å². The molecule has 0 aliphatic heterocycles. The Morgan fingerprint density at radius 3 is 2.46 bits per heavy atom. The van der Waals surface area contributed by atoms with Gasteiger partial charge in [0.15, 0.2) is 0 Å². The molecule has 1 heterocycles. The van der Waals surface area contributed by atoms with Crippen molar-refractivity contribution in [3.05, 3.63) is 92.3 Å². The van der Waals surface area contributed by atoms with Gasteiger partial charge in [0.05, 0.1) is 28.1 Å². The van der Waals surface area contributed by atoms with Crippen molar-refractivity contribution in [2.45, 2.75) is 18.0 Å². The number of carbonyl (C=O) groups is 1. The van der Waals surface area contributed by atoms with Gasteiger partial charge >= 0.3 is 0 Å². The van der Waals surface area contributed by atoms with Crippen LogP contribution in [0.25, 0.3) is 6.08 Å². The highest BCUT2D eigenvalue weighted by atomic mass is 35.5. The molecular formula is C25H22Cl3N3O5S. The third kappa shape index (κ3) is 7.82. The van der Waals surface area contributed by atoms with E-state index < -0.39 is 15.9 Å². The molecule has 1 amide bonds. The van der Waals surface area contributed by atoms with Crippen LogP contribution in [0.3, 0.4) is 0 Å². The summed E-state index contributed by atoms with van der Waals surface area (Å²) in [5, 5.41) is 13.0. The molecule has 0 saturated carbocycles. The van der Waals surface area contributed by atoms with E-state index in [9.17, 15) is 18.5 Å². The maximum Gasteiger partial charge on any atom is 0.262 e. The number of ether oxygens (including phenoxy) is 1. The molecule has 0 saturated heterocycles. The maximum absolute atomic E-state index is 13.5. The van der Waals surface area contributed by atoms with E-state index in [4.69, 9.17) is 44.0 Å². The SMILES string of the molecule is COCCNC(=O)/C(C#N)=C\c1ccc(CN(Cc2ccc(Cl)c(Cl)c2)S(=O)(=O)c2ccc(Cl)cc2)o1. The second-order valence-corrected chi connectivity index (χ2v) is 10.9. The molecule has 1 aromatic heterocycles. The summed E-state index contributed by atoms with van der Waals surface area (Å²) in [5.74, 6) is -0.0724. The number of benzene rings is 2. The first-order valence-corrected chi connectivity index (χ1v) is 13.4. The minimum absolute atomic E-state index is 0.0287. The quantitative estimate of drug-likeness (QED) is 0.186. The lowest BCUT2D eigenvalue weighted by molar-refractivity contribution is -0.117. The molecule has 0 atom stereocenters. The molecule has 37 heavy (non-hydrogen) atoms. The van der Waals surface area contributed by atoms with E-state index >= 15 is 0 Å². The molecule has 0 bridgehead atoms. The zero-order valence-electron chi connectivity index (χ0n) is 19.6. The van der Waals surface area contributed by atoms with Gasteiger partial charge in [-0.1, -0.05) is 40.9 Å². The van der Waals surface area contributed by atoms with Crippen LogP contribution in [0.1, 0.15) is 17.1 Å². The van der Waals surface area contributed by atoms with Crippen LogP contribution in [0.4, 0.5) is 0 Å². The molecule has 12 heteroatoms. The van der Waals surface area contributed by atoms with Gasteiger partial charge in [0.2, 0.25) is 10.0 Å². The number of halogens is 3. The fourth-order valence-corrected chi connectivity index (χ4v) is 5.05. The Morgan fingerprint density at radius 2 is 1.81 bits per heavy atom. The molecule has 194 valence electrons. The minimum Gasteiger partial charge on any atom is -0.460 e. The number of nitrogens with one attached hydrogen (secondary N) is 1. The van der Waals surface area contributed by atoms with Crippen molar-refractivity contribution >= 4 is 56.8 Å². The first-order chi connectivity index (χ1) is 17.6. The monoisotopic (exact) mass is 581 g/mol. The van der Waals surface area contributed by atoms with Gasteiger partial charge in [-0.3, -0.25) is 4.79 Å². The Hall–Kier alpha value is -2.84. The van der Waals surface area contributed by atoms with Crippen LogP contribution in [-0.2, 0) is 32.6 Å². The highest BCUT2D eigenvalue weighted by Gasteiger charge is 2.26. The highest BCUT2D eigenvalue weighted by molar-refractivity contribution is 7.89. The number of sulfonamides is 1. The minimum atomic E-state index is -3.99. The third-order valence-electron chi connectivity index (χ3n) is 5.05. The fraction of sp³-hybridized carbons (Fsp3) is 0.200. The average molecular weight is 583 g/mol. The summed E-state index contributed by atoms with van der Waals surface area (Å²) in [4.78, 5) is 12.2. The first-order valence-electron chi connectivity index (χ1n) is 10.8. The van der Waals surface area contributed by atoms with Gasteiger partial charge in [0.25, 0.3) is 5.91 Å². The zero-order valence-corrected chi connectivity index (χ0v) is 22.7. The Kier molecular flexibility index (Phi) is 10.2. The van der Waals surface area contributed by atoms with Gasteiger partial charge in [0, 0.05) is 31.3 Å². The summed E-state index contributed by atoms with van der Waals surface area (Å²) < 4.78 is 38.9. The molecule has 1 N–H and O–H groups in total. The van der Waals surface area contributed by atoms with E-state index in [0.717, 1.165) is 0 Å². The molecule has 0 fully saturated rings. The van der Waals surface area contributed by atoms with Gasteiger partial charge in [0.1, 0.15) is 23.2 Å². The molecular weight excluding hydrogens is 561 g/mol. The van der Waals surface area contributed by atoms with Crippen LogP contribution in [0.2, 0.25) is 15.1 Å². The van der Waals surface area contributed by atoms with E-state index in [0.29, 0.717) is 33.0 Å². The van der Waals surface area contributed by atoms with Crippen molar-refractivity contribution in [2.75, 3.05) is 20.3 Å². The number of furan rings is 1. The summed E-state index contributed by atoms with van der Waals surface area (Å²) in [7, 11) is -2.49. The molecule has 0 unspecified atom stereocenters. The van der Waals surface area contributed by atoms with E-state index in [1.165, 1.54) is 41.8 Å². The Bertz CT molecular complexity index is 1430. The number of nitriles is 1. The average Bonchev–Trinajstić information content (AvgIpc) is 3.31. The Labute approximate surface area is 230 Å². The molecule has 0 radical (unpaired) electrons. The predicted molar refractivity (Wildman–Crippen MR) is 142 cm³/mol. The molecule has 0 aliphatic carbocycles. The largest absolute Gasteiger partial charge is 0.460 e. The third-order valence-corrected chi connectivity index (χ3v) is 7.85. The van der Waals surface area contributed by atoms with Crippen LogP contribution in [0.15, 0.2) is 69.5 Å². The number of hydrogen-bond acceptors (Lipinski definition) is 6. The van der Waals surface area contributed by atoms with Crippen molar-refractivity contribution in [2.24, 2.45) is 0 Å². The van der Waals surface area contributed by atoms with Crippen molar-refractivity contribution in [3.63, 3.8) is 0 Å². The first kappa shape index (κ1) is 28.7. The number of carbonyl (C=O) groups excluding carboxylic acids is 1. The van der Waals surface area contributed by atoms with E-state index in [1.807, 2.05) is 6.07 Å². The second-order valence-electron chi connectivity index (χ2n) is 7.70. The number of amides is 1. The van der Waals surface area contributed by atoms with E-state index in [1.54, 1.807) is 30.3 Å². The summed E-state index contributed by atoms with van der Waals surface area (Å²) in [5.41, 5.74) is 0.441. The second kappa shape index (κ2) is 13.1. The van der Waals surface area contributed by atoms with Crippen molar-refractivity contribution < 1.29 is 22.4 Å². The number of rotatable bonds is 11. The van der Waals surface area contributed by atoms with Crippen molar-refractivity contribution in [1.29, 1.82) is 5.26 Å². The van der Waals surface area contributed by atoms with Crippen LogP contribution in [0.5, 0.6) is 0 Å². The van der Waals surface area contributed by atoms with Gasteiger partial charge in [-0.15, -0.1) is 0 Å². The highest BCUT2D eigenvalue weighted by Crippen LogP contribution is 2.27. The van der Waals surface area contributed by atoms with E-state index in [-0.39, 0.29) is 35.9 Å². The summed E-state index contributed by atoms with van der Waals surface area (Å²) in [6.45, 7) is 0.371. The topological polar surface area (TPSA) is 113 Å². The lowest BCUT2D eigenvalue weighted by Gasteiger charge is -2.22. The fourth-order valence-electron chi connectivity index (χ4n) is 3.21. The normalized spacial score (nSPS) is 11.9. The van der Waals surface area contributed by atoms with Crippen LogP contribution < -0.4 is 5.32 Å². The van der Waals surface area contributed by atoms with Crippen LogP contribution >= 0.6 is 34.8 Å². The lowest BCUT2D eigenvalue weighted by Crippen LogP contribution is -2.30. The van der Waals surface area contributed by atoms with Crippen LogP contribution in [0, 0.1) is 11.3 Å². The molecule has 0 aliphatic rings. The van der Waals surface area contributed by atoms with Gasteiger partial charge in [-0.05, 0) is 54.1 Å². The lowest BCUT2D eigenvalue weighted by atomic mass is 10.2. The van der Waals surface area contributed by atoms with E-state index in [2.05, 4.69) is 5.32 Å². The van der Waals surface area contributed by atoms with Gasteiger partial charge in [-0.2, -0.15) is 9.57 Å². The molecule has 0 spiro atoms. The number of methoxy groups -OCH3 is 1. The van der Waals surface area contributed by atoms with Crippen molar-refractivity contribution in [3.8, 4) is 6.07 Å². The maximum atomic E-state index is 13.5. The Balaban J connectivity index is 1.89. The van der Waals surface area contributed by atoms with Crippen molar-refractivity contribution in [1.82, 2.24) is 9.62 Å². The number of nitrogens with zero attached hydrogens (tertiary/aromatic N) is 2. The standard InChI is InChI=1S/C25H22Cl3N3O5S/c1-35-11-10-30-25(32)18(14-29)13-20-5-6-21(36-20)16-31(15-17-2-9-23(27)24(28)12-17)37(33,34)22-7-3-19(26)4-8-22/h2-9,12-13H,10-11,15-16H2,1H3,(H,30,32)/b18-13-. The molecule has 3 rings (SSSR count). The van der Waals surface area contributed by atoms with Crippen LogP contribution in [-0.4, -0.2) is 38.9 Å². The smallest absolute Gasteiger partial charge is 0.262 e. The Morgan fingerprint density at radius 1 is 1.08 bits per heavy atom. The number of hydrogen-bond donors (Lipinski definition) is 1. The molecule has 2 aromatic carbocycles. The van der Waals surface area contributed by atoms with Gasteiger partial charge in [-0.25, -0.2) is 8.42 Å².